The molecule has 39 heavy (non-hydrogen) atoms. The van der Waals surface area contributed by atoms with E-state index in [2.05, 4.69) is 5.32 Å². The first-order valence-electron chi connectivity index (χ1n) is 13.2. The number of likely N-dealkylation sites (tertiary alicyclic amines) is 1. The lowest BCUT2D eigenvalue weighted by molar-refractivity contribution is -0.173. The van der Waals surface area contributed by atoms with Gasteiger partial charge >= 0.3 is 6.18 Å². The molecule has 2 amide bonds. The predicted molar refractivity (Wildman–Crippen MR) is 145 cm³/mol. The van der Waals surface area contributed by atoms with Gasteiger partial charge in [0, 0.05) is 38.9 Å². The fourth-order valence-electron chi connectivity index (χ4n) is 5.64. The number of nitrogens with one attached hydrogen (secondary N) is 1. The number of benzene rings is 2. The standard InChI is InChI=1S/C29H35ClF3N3O3/c1-35(2)27(37)24-8-7-21(17-25(24)30)34-22-14-19(15-22)13-18-9-11-36(12-10-18)28(38)26(29(31,32)33)20-5-4-6-23(16-20)39-3/h4-8,16-19,22,26,34H,9-15H2,1-3H3/t19?,22?,26-/m0/s1. The van der Waals surface area contributed by atoms with Gasteiger partial charge in [-0.05, 0) is 79.8 Å². The Morgan fingerprint density at radius 1 is 1.10 bits per heavy atom. The number of anilines is 1. The van der Waals surface area contributed by atoms with E-state index in [0.717, 1.165) is 24.9 Å². The molecule has 0 radical (unpaired) electrons. The third kappa shape index (κ3) is 6.99. The molecule has 1 saturated carbocycles. The van der Waals surface area contributed by atoms with Crippen molar-refractivity contribution in [1.82, 2.24) is 9.80 Å². The summed E-state index contributed by atoms with van der Waals surface area (Å²) >= 11 is 6.31. The highest BCUT2D eigenvalue weighted by atomic mass is 35.5. The second-order valence-electron chi connectivity index (χ2n) is 10.8. The number of hydrogen-bond donors (Lipinski definition) is 1. The number of alkyl halides is 3. The molecule has 1 aliphatic carbocycles. The van der Waals surface area contributed by atoms with Crippen LogP contribution in [0, 0.1) is 11.8 Å². The number of hydrogen-bond acceptors (Lipinski definition) is 4. The van der Waals surface area contributed by atoms with Crippen molar-refractivity contribution < 1.29 is 27.5 Å². The molecule has 1 aliphatic heterocycles. The van der Waals surface area contributed by atoms with Gasteiger partial charge in [-0.15, -0.1) is 0 Å². The molecule has 1 N–H and O–H groups in total. The van der Waals surface area contributed by atoms with Crippen LogP contribution in [0.3, 0.4) is 0 Å². The molecule has 2 aromatic rings. The van der Waals surface area contributed by atoms with Crippen LogP contribution >= 0.6 is 11.6 Å². The van der Waals surface area contributed by atoms with E-state index >= 15 is 0 Å². The minimum absolute atomic E-state index is 0.0952. The van der Waals surface area contributed by atoms with E-state index in [1.54, 1.807) is 32.3 Å². The number of amides is 2. The monoisotopic (exact) mass is 565 g/mol. The van der Waals surface area contributed by atoms with Gasteiger partial charge in [0.25, 0.3) is 5.91 Å². The van der Waals surface area contributed by atoms with Crippen molar-refractivity contribution >= 4 is 29.1 Å². The van der Waals surface area contributed by atoms with Crippen LogP contribution in [0.5, 0.6) is 5.75 Å². The zero-order valence-electron chi connectivity index (χ0n) is 22.4. The number of methoxy groups -OCH3 is 1. The van der Waals surface area contributed by atoms with E-state index < -0.39 is 18.0 Å². The Hall–Kier alpha value is -2.94. The first-order chi connectivity index (χ1) is 18.5. The molecule has 2 aromatic carbocycles. The SMILES string of the molecule is COc1cccc([C@@H](C(=O)N2CCC(CC3CC(Nc4ccc(C(=O)N(C)C)c(Cl)c4)C3)CC2)C(F)(F)F)c1. The normalized spacial score (nSPS) is 20.6. The van der Waals surface area contributed by atoms with Gasteiger partial charge in [0.1, 0.15) is 5.75 Å². The highest BCUT2D eigenvalue weighted by molar-refractivity contribution is 6.34. The lowest BCUT2D eigenvalue weighted by atomic mass is 9.73. The fourth-order valence-corrected chi connectivity index (χ4v) is 5.90. The second kappa shape index (κ2) is 12.1. The molecule has 1 saturated heterocycles. The summed E-state index contributed by atoms with van der Waals surface area (Å²) in [4.78, 5) is 28.0. The van der Waals surface area contributed by atoms with Crippen LogP contribution in [-0.2, 0) is 4.79 Å². The maximum Gasteiger partial charge on any atom is 0.404 e. The van der Waals surface area contributed by atoms with E-state index in [1.165, 1.54) is 35.1 Å². The molecule has 2 fully saturated rings. The maximum atomic E-state index is 13.9. The molecule has 1 atom stereocenters. The Kier molecular flexibility index (Phi) is 8.99. The van der Waals surface area contributed by atoms with Crippen LogP contribution in [0.2, 0.25) is 5.02 Å². The third-order valence-electron chi connectivity index (χ3n) is 7.81. The summed E-state index contributed by atoms with van der Waals surface area (Å²) in [6.07, 6.45) is -0.251. The molecule has 0 bridgehead atoms. The smallest absolute Gasteiger partial charge is 0.404 e. The molecule has 0 aromatic heterocycles. The van der Waals surface area contributed by atoms with Crippen molar-refractivity contribution in [3.63, 3.8) is 0 Å². The van der Waals surface area contributed by atoms with Crippen LogP contribution in [0.25, 0.3) is 0 Å². The molecule has 10 heteroatoms. The number of piperidine rings is 1. The number of rotatable bonds is 8. The van der Waals surface area contributed by atoms with E-state index in [-0.39, 0.29) is 11.5 Å². The third-order valence-corrected chi connectivity index (χ3v) is 8.12. The molecular weight excluding hydrogens is 531 g/mol. The molecule has 6 nitrogen and oxygen atoms in total. The summed E-state index contributed by atoms with van der Waals surface area (Å²) < 4.78 is 46.9. The van der Waals surface area contributed by atoms with E-state index in [4.69, 9.17) is 16.3 Å². The van der Waals surface area contributed by atoms with Gasteiger partial charge in [-0.25, -0.2) is 0 Å². The Labute approximate surface area is 232 Å². The topological polar surface area (TPSA) is 61.9 Å². The zero-order valence-corrected chi connectivity index (χ0v) is 23.2. The van der Waals surface area contributed by atoms with E-state index in [9.17, 15) is 22.8 Å². The number of carbonyl (C=O) groups is 2. The highest BCUT2D eigenvalue weighted by Crippen LogP contribution is 2.40. The molecular formula is C29H35ClF3N3O3. The summed E-state index contributed by atoms with van der Waals surface area (Å²) in [6, 6.07) is 11.3. The number of nitrogens with zero attached hydrogens (tertiary/aromatic N) is 2. The Bertz CT molecular complexity index is 1180. The van der Waals surface area contributed by atoms with Crippen molar-refractivity contribution in [2.24, 2.45) is 11.8 Å². The quantitative estimate of drug-likeness (QED) is 0.413. The molecule has 212 valence electrons. The van der Waals surface area contributed by atoms with Gasteiger partial charge in [0.15, 0.2) is 5.92 Å². The minimum atomic E-state index is -4.68. The summed E-state index contributed by atoms with van der Waals surface area (Å²) in [5.41, 5.74) is 1.25. The largest absolute Gasteiger partial charge is 0.497 e. The number of ether oxygens (including phenoxy) is 1. The Morgan fingerprint density at radius 2 is 1.79 bits per heavy atom. The lowest BCUT2D eigenvalue weighted by Gasteiger charge is -2.41. The van der Waals surface area contributed by atoms with Gasteiger partial charge in [-0.3, -0.25) is 9.59 Å². The van der Waals surface area contributed by atoms with Gasteiger partial charge in [-0.1, -0.05) is 23.7 Å². The van der Waals surface area contributed by atoms with Crippen LogP contribution in [0.4, 0.5) is 18.9 Å². The zero-order chi connectivity index (χ0) is 28.3. The average molecular weight is 566 g/mol. The molecule has 1 heterocycles. The number of halogens is 4. The van der Waals surface area contributed by atoms with Crippen LogP contribution < -0.4 is 10.1 Å². The van der Waals surface area contributed by atoms with Crippen LogP contribution in [-0.4, -0.2) is 68.1 Å². The summed E-state index contributed by atoms with van der Waals surface area (Å²) in [5, 5.41) is 3.89. The second-order valence-corrected chi connectivity index (χ2v) is 11.2. The van der Waals surface area contributed by atoms with Crippen molar-refractivity contribution in [3.8, 4) is 5.75 Å². The Balaban J connectivity index is 1.25. The summed E-state index contributed by atoms with van der Waals surface area (Å²) in [5.74, 6) is -1.99. The van der Waals surface area contributed by atoms with E-state index in [0.29, 0.717) is 60.1 Å². The van der Waals surface area contributed by atoms with Crippen molar-refractivity contribution in [2.45, 2.75) is 50.2 Å². The van der Waals surface area contributed by atoms with Crippen molar-refractivity contribution in [1.29, 1.82) is 0 Å². The maximum absolute atomic E-state index is 13.9. The van der Waals surface area contributed by atoms with Crippen molar-refractivity contribution in [3.05, 3.63) is 58.6 Å². The Morgan fingerprint density at radius 3 is 2.38 bits per heavy atom. The lowest BCUT2D eigenvalue weighted by Crippen LogP contribution is -2.45. The first-order valence-corrected chi connectivity index (χ1v) is 13.6. The summed E-state index contributed by atoms with van der Waals surface area (Å²) in [7, 11) is 4.75. The molecule has 4 rings (SSSR count). The summed E-state index contributed by atoms with van der Waals surface area (Å²) in [6.45, 7) is 0.677. The minimum Gasteiger partial charge on any atom is -0.497 e. The van der Waals surface area contributed by atoms with Crippen molar-refractivity contribution in [2.75, 3.05) is 39.6 Å². The van der Waals surface area contributed by atoms with Gasteiger partial charge in [0.2, 0.25) is 5.91 Å². The first kappa shape index (κ1) is 29.1. The highest BCUT2D eigenvalue weighted by Gasteiger charge is 2.48. The average Bonchev–Trinajstić information content (AvgIpc) is 2.87. The van der Waals surface area contributed by atoms with Gasteiger partial charge in [-0.2, -0.15) is 13.2 Å². The molecule has 0 unspecified atom stereocenters. The van der Waals surface area contributed by atoms with Crippen LogP contribution in [0.15, 0.2) is 42.5 Å². The van der Waals surface area contributed by atoms with Crippen LogP contribution in [0.1, 0.15) is 53.9 Å². The fraction of sp³-hybridized carbons (Fsp3) is 0.517. The molecule has 2 aliphatic rings. The predicted octanol–water partition coefficient (Wildman–Crippen LogP) is 6.22. The molecule has 0 spiro atoms. The number of carbonyl (C=O) groups excluding carboxylic acids is 2. The van der Waals surface area contributed by atoms with Gasteiger partial charge < -0.3 is 19.9 Å². The van der Waals surface area contributed by atoms with E-state index in [1.807, 2.05) is 6.07 Å². The van der Waals surface area contributed by atoms with Gasteiger partial charge in [0.05, 0.1) is 17.7 Å².